The molecule has 0 aromatic heterocycles. The second-order valence-electron chi connectivity index (χ2n) is 3.59. The van der Waals surface area contributed by atoms with Crippen LogP contribution in [0.4, 0.5) is 0 Å². The Morgan fingerprint density at radius 3 is 2.12 bits per heavy atom. The second-order valence-corrected chi connectivity index (χ2v) is 3.59. The molecule has 0 radical (unpaired) electrons. The third kappa shape index (κ3) is 10.7. The lowest BCUT2D eigenvalue weighted by Gasteiger charge is -1.88. The molecular formula is C17H24. The maximum absolute atomic E-state index is 3.64. The van der Waals surface area contributed by atoms with Crippen molar-refractivity contribution in [2.45, 2.75) is 33.6 Å². The highest BCUT2D eigenvalue weighted by Gasteiger charge is 1.94. The first-order valence-electron chi connectivity index (χ1n) is 6.31. The molecule has 92 valence electrons. The van der Waals surface area contributed by atoms with Crippen molar-refractivity contribution in [1.82, 2.24) is 0 Å². The maximum atomic E-state index is 3.64. The smallest absolute Gasteiger partial charge is 0.0139 e. The van der Waals surface area contributed by atoms with Gasteiger partial charge in [-0.1, -0.05) is 74.1 Å². The lowest BCUT2D eigenvalue weighted by molar-refractivity contribution is 1.42. The molecule has 0 N–H and O–H groups in total. The molecule has 0 bridgehead atoms. The molecule has 0 heterocycles. The molecule has 1 aliphatic carbocycles. The van der Waals surface area contributed by atoms with Crippen LogP contribution < -0.4 is 0 Å². The minimum absolute atomic E-state index is 0.939. The Hall–Kier alpha value is -1.56. The normalized spacial score (nSPS) is 11.6. The summed E-state index contributed by atoms with van der Waals surface area (Å²) in [5.74, 6) is 0. The van der Waals surface area contributed by atoms with Gasteiger partial charge in [0.2, 0.25) is 0 Å². The summed E-state index contributed by atoms with van der Waals surface area (Å²) in [7, 11) is 0. The Bertz CT molecular complexity index is 342. The zero-order chi connectivity index (χ0) is 12.9. The van der Waals surface area contributed by atoms with E-state index in [1.807, 2.05) is 38.1 Å². The number of hydrogen-bond donors (Lipinski definition) is 0. The average Bonchev–Trinajstić information content (AvgIpc) is 3.17. The number of hydrogen-bond acceptors (Lipinski definition) is 0. The highest BCUT2D eigenvalue weighted by atomic mass is 14.0. The van der Waals surface area contributed by atoms with Gasteiger partial charge in [0.15, 0.2) is 0 Å². The van der Waals surface area contributed by atoms with Crippen molar-refractivity contribution < 1.29 is 0 Å². The molecule has 0 atom stereocenters. The first-order chi connectivity index (χ1) is 8.33. The van der Waals surface area contributed by atoms with Crippen LogP contribution in [0, 0.1) is 0 Å². The highest BCUT2D eigenvalue weighted by Crippen LogP contribution is 2.14. The van der Waals surface area contributed by atoms with E-state index in [9.17, 15) is 0 Å². The van der Waals surface area contributed by atoms with Crippen LogP contribution >= 0.6 is 0 Å². The standard InChI is InChI=1S/C11H12.C4H6.C2H6/c1-2-3-5-8-11-9-6-4-7-10-11;1-4-2-3-4;1-2/h2,4-10H,1,3H2;2H,3H2,1H3;1-2H3/b8-5+;;. The van der Waals surface area contributed by atoms with Gasteiger partial charge >= 0.3 is 0 Å². The van der Waals surface area contributed by atoms with E-state index in [-0.39, 0.29) is 0 Å². The molecule has 1 aromatic carbocycles. The summed E-state index contributed by atoms with van der Waals surface area (Å²) in [5.41, 5.74) is 2.79. The average molecular weight is 228 g/mol. The number of benzene rings is 1. The van der Waals surface area contributed by atoms with Gasteiger partial charge in [0, 0.05) is 0 Å². The molecule has 17 heavy (non-hydrogen) atoms. The van der Waals surface area contributed by atoms with Crippen molar-refractivity contribution in [3.8, 4) is 0 Å². The molecule has 0 saturated carbocycles. The molecule has 1 aliphatic rings. The Morgan fingerprint density at radius 1 is 1.18 bits per heavy atom. The summed E-state index contributed by atoms with van der Waals surface area (Å²) < 4.78 is 0. The van der Waals surface area contributed by atoms with Gasteiger partial charge < -0.3 is 0 Å². The van der Waals surface area contributed by atoms with Crippen LogP contribution in [-0.2, 0) is 0 Å². The fourth-order valence-electron chi connectivity index (χ4n) is 0.967. The summed E-state index contributed by atoms with van der Waals surface area (Å²) in [6.45, 7) is 9.78. The van der Waals surface area contributed by atoms with Gasteiger partial charge in [-0.2, -0.15) is 0 Å². The first kappa shape index (κ1) is 15.4. The van der Waals surface area contributed by atoms with Crippen molar-refractivity contribution in [2.24, 2.45) is 0 Å². The molecule has 1 aromatic rings. The van der Waals surface area contributed by atoms with E-state index in [4.69, 9.17) is 0 Å². The predicted molar refractivity (Wildman–Crippen MR) is 80.0 cm³/mol. The molecule has 0 unspecified atom stereocenters. The van der Waals surface area contributed by atoms with Crippen molar-refractivity contribution in [2.75, 3.05) is 0 Å². The van der Waals surface area contributed by atoms with E-state index < -0.39 is 0 Å². The predicted octanol–water partition coefficient (Wildman–Crippen LogP) is 5.64. The topological polar surface area (TPSA) is 0 Å². The van der Waals surface area contributed by atoms with Crippen molar-refractivity contribution in [3.05, 3.63) is 66.3 Å². The van der Waals surface area contributed by atoms with Gasteiger partial charge in [-0.25, -0.2) is 0 Å². The van der Waals surface area contributed by atoms with Crippen molar-refractivity contribution >= 4 is 6.08 Å². The fraction of sp³-hybridized carbons (Fsp3) is 0.294. The molecule has 0 aliphatic heterocycles. The minimum atomic E-state index is 0.939. The van der Waals surface area contributed by atoms with Crippen molar-refractivity contribution in [1.29, 1.82) is 0 Å². The summed E-state index contributed by atoms with van der Waals surface area (Å²) in [4.78, 5) is 0. The lowest BCUT2D eigenvalue weighted by atomic mass is 10.2. The van der Waals surface area contributed by atoms with Crippen LogP contribution in [0.1, 0.15) is 39.2 Å². The Labute approximate surface area is 106 Å². The van der Waals surface area contributed by atoms with Crippen LogP contribution in [-0.4, -0.2) is 0 Å². The molecule has 0 nitrogen and oxygen atoms in total. The van der Waals surface area contributed by atoms with Crippen LogP contribution in [0.3, 0.4) is 0 Å². The summed E-state index contributed by atoms with van der Waals surface area (Å²) in [6, 6.07) is 10.3. The molecular weight excluding hydrogens is 204 g/mol. The monoisotopic (exact) mass is 228 g/mol. The second kappa shape index (κ2) is 10.9. The van der Waals surface area contributed by atoms with E-state index in [1.54, 1.807) is 5.57 Å². The molecule has 0 fully saturated rings. The minimum Gasteiger partial charge on any atom is -0.103 e. The third-order valence-corrected chi connectivity index (χ3v) is 2.02. The molecule has 2 rings (SSSR count). The summed E-state index contributed by atoms with van der Waals surface area (Å²) in [5, 5.41) is 0. The molecule has 0 heteroatoms. The van der Waals surface area contributed by atoms with Gasteiger partial charge in [0.05, 0.1) is 0 Å². The maximum Gasteiger partial charge on any atom is -0.0139 e. The Morgan fingerprint density at radius 2 is 1.71 bits per heavy atom. The zero-order valence-electron chi connectivity index (χ0n) is 11.3. The van der Waals surface area contributed by atoms with Crippen molar-refractivity contribution in [3.63, 3.8) is 0 Å². The molecule has 0 spiro atoms. The van der Waals surface area contributed by atoms with Crippen LogP contribution in [0.5, 0.6) is 0 Å². The van der Waals surface area contributed by atoms with E-state index in [0.717, 1.165) is 6.42 Å². The van der Waals surface area contributed by atoms with Gasteiger partial charge in [0.25, 0.3) is 0 Å². The van der Waals surface area contributed by atoms with E-state index in [1.165, 1.54) is 12.0 Å². The van der Waals surface area contributed by atoms with E-state index in [0.29, 0.717) is 0 Å². The number of allylic oxidation sites excluding steroid dienone is 4. The van der Waals surface area contributed by atoms with Gasteiger partial charge in [-0.15, -0.1) is 6.58 Å². The molecule has 0 saturated heterocycles. The van der Waals surface area contributed by atoms with E-state index in [2.05, 4.69) is 43.9 Å². The zero-order valence-corrected chi connectivity index (χ0v) is 11.3. The third-order valence-electron chi connectivity index (χ3n) is 2.02. The van der Waals surface area contributed by atoms with Crippen LogP contribution in [0.2, 0.25) is 0 Å². The highest BCUT2D eigenvalue weighted by molar-refractivity contribution is 5.48. The quantitative estimate of drug-likeness (QED) is 0.587. The van der Waals surface area contributed by atoms with Crippen LogP contribution in [0.25, 0.3) is 6.08 Å². The SMILES string of the molecule is C=CC/C=C/c1ccccc1.CC.CC1=CC1. The number of rotatable bonds is 3. The summed E-state index contributed by atoms with van der Waals surface area (Å²) >= 11 is 0. The van der Waals surface area contributed by atoms with Crippen LogP contribution in [0.15, 0.2) is 60.7 Å². The summed E-state index contributed by atoms with van der Waals surface area (Å²) in [6.07, 6.45) is 10.5. The largest absolute Gasteiger partial charge is 0.103 e. The molecule has 0 amide bonds. The Kier molecular flexibility index (Phi) is 9.94. The lowest BCUT2D eigenvalue weighted by Crippen LogP contribution is -1.67. The van der Waals surface area contributed by atoms with Gasteiger partial charge in [-0.3, -0.25) is 0 Å². The van der Waals surface area contributed by atoms with E-state index >= 15 is 0 Å². The fourth-order valence-corrected chi connectivity index (χ4v) is 0.967. The Balaban J connectivity index is 0.000000353. The first-order valence-corrected chi connectivity index (χ1v) is 6.31. The van der Waals surface area contributed by atoms with Gasteiger partial charge in [-0.05, 0) is 25.3 Å². The van der Waals surface area contributed by atoms with Gasteiger partial charge in [0.1, 0.15) is 0 Å².